The maximum atomic E-state index is 12.8. The van der Waals surface area contributed by atoms with Gasteiger partial charge in [0.2, 0.25) is 10.0 Å². The van der Waals surface area contributed by atoms with Gasteiger partial charge >= 0.3 is 0 Å². The van der Waals surface area contributed by atoms with E-state index in [1.165, 1.54) is 15.6 Å². The quantitative estimate of drug-likeness (QED) is 0.787. The minimum absolute atomic E-state index is 0.0818. The third-order valence-corrected chi connectivity index (χ3v) is 7.82. The smallest absolute Gasteiger partial charge is 0.276 e. The van der Waals surface area contributed by atoms with Crippen molar-refractivity contribution in [3.63, 3.8) is 0 Å². The third-order valence-electron chi connectivity index (χ3n) is 4.70. The number of carbonyl (C=O) groups is 1. The van der Waals surface area contributed by atoms with E-state index in [0.717, 1.165) is 10.7 Å². The third kappa shape index (κ3) is 2.87. The summed E-state index contributed by atoms with van der Waals surface area (Å²) in [6.07, 6.45) is 0. The van der Waals surface area contributed by atoms with Crippen LogP contribution in [0.2, 0.25) is 0 Å². The predicted molar refractivity (Wildman–Crippen MR) is 90.6 cm³/mol. The lowest BCUT2D eigenvalue weighted by Crippen LogP contribution is -2.36. The first-order chi connectivity index (χ1) is 11.8. The van der Waals surface area contributed by atoms with Gasteiger partial charge in [-0.25, -0.2) is 13.4 Å². The van der Waals surface area contributed by atoms with E-state index in [4.69, 9.17) is 4.52 Å². The van der Waals surface area contributed by atoms with Gasteiger partial charge in [-0.1, -0.05) is 5.16 Å². The molecule has 0 saturated carbocycles. The zero-order valence-corrected chi connectivity index (χ0v) is 15.5. The molecule has 2 aliphatic heterocycles. The van der Waals surface area contributed by atoms with E-state index < -0.39 is 15.3 Å². The topological polar surface area (TPSA) is 96.6 Å². The van der Waals surface area contributed by atoms with Crippen molar-refractivity contribution in [3.05, 3.63) is 33.6 Å². The zero-order chi connectivity index (χ0) is 17.8. The summed E-state index contributed by atoms with van der Waals surface area (Å²) < 4.78 is 32.1. The molecule has 134 valence electrons. The summed E-state index contributed by atoms with van der Waals surface area (Å²) in [5.41, 5.74) is 1.00. The molecule has 0 spiro atoms. The molecule has 0 aromatic carbocycles. The van der Waals surface area contributed by atoms with E-state index in [-0.39, 0.29) is 24.1 Å². The second-order valence-electron chi connectivity index (χ2n) is 6.53. The molecular formula is C15H18N4O4S2. The summed E-state index contributed by atoms with van der Waals surface area (Å²) in [6, 6.07) is 1.57. The lowest BCUT2D eigenvalue weighted by molar-refractivity contribution is 0.0774. The summed E-state index contributed by atoms with van der Waals surface area (Å²) >= 11 is 1.51. The summed E-state index contributed by atoms with van der Waals surface area (Å²) in [6.45, 7) is 4.95. The Morgan fingerprint density at radius 3 is 2.76 bits per heavy atom. The van der Waals surface area contributed by atoms with Crippen molar-refractivity contribution in [3.8, 4) is 0 Å². The van der Waals surface area contributed by atoms with Gasteiger partial charge < -0.3 is 9.42 Å². The van der Waals surface area contributed by atoms with Gasteiger partial charge in [-0.2, -0.15) is 4.31 Å². The minimum Gasteiger partial charge on any atom is -0.361 e. The van der Waals surface area contributed by atoms with Gasteiger partial charge in [0.05, 0.1) is 22.5 Å². The highest BCUT2D eigenvalue weighted by Crippen LogP contribution is 2.35. The SMILES string of the molecule is Cc1cc(C(=O)N2C[C@@H]3CN(Cc4csc(C)n4)S(=O)(=O)[C@H]3C2)no1. The Kier molecular flexibility index (Phi) is 3.93. The minimum atomic E-state index is -3.44. The summed E-state index contributed by atoms with van der Waals surface area (Å²) in [4.78, 5) is 18.4. The van der Waals surface area contributed by atoms with Gasteiger partial charge in [-0.15, -0.1) is 11.3 Å². The molecule has 2 aliphatic rings. The standard InChI is InChI=1S/C15H18N4O4S2/c1-9-3-13(17-23-9)15(20)18-4-11-5-19(25(21,22)14(11)7-18)6-12-8-24-10(2)16-12/h3,8,11,14H,4-7H2,1-2H3/t11-,14+/m1/s1. The van der Waals surface area contributed by atoms with Gasteiger partial charge in [0.25, 0.3) is 5.91 Å². The Hall–Kier alpha value is -1.78. The summed E-state index contributed by atoms with van der Waals surface area (Å²) in [5.74, 6) is 0.199. The van der Waals surface area contributed by atoms with Crippen LogP contribution in [0.1, 0.15) is 27.0 Å². The average molecular weight is 382 g/mol. The predicted octanol–water partition coefficient (Wildman–Crippen LogP) is 1.03. The van der Waals surface area contributed by atoms with E-state index >= 15 is 0 Å². The lowest BCUT2D eigenvalue weighted by Gasteiger charge is -2.20. The number of likely N-dealkylation sites (tertiary alicyclic amines) is 1. The first kappa shape index (κ1) is 16.7. The fourth-order valence-electron chi connectivity index (χ4n) is 3.52. The molecular weight excluding hydrogens is 364 g/mol. The average Bonchev–Trinajstić information content (AvgIpc) is 3.29. The molecule has 8 nitrogen and oxygen atoms in total. The maximum absolute atomic E-state index is 12.8. The molecule has 2 aromatic heterocycles. The Morgan fingerprint density at radius 1 is 1.36 bits per heavy atom. The molecule has 0 bridgehead atoms. The molecule has 2 atom stereocenters. The highest BCUT2D eigenvalue weighted by atomic mass is 32.2. The maximum Gasteiger partial charge on any atom is 0.276 e. The Morgan fingerprint density at radius 2 is 2.16 bits per heavy atom. The lowest BCUT2D eigenvalue weighted by atomic mass is 10.1. The van der Waals surface area contributed by atoms with Gasteiger partial charge in [-0.05, 0) is 13.8 Å². The van der Waals surface area contributed by atoms with E-state index in [1.54, 1.807) is 17.9 Å². The van der Waals surface area contributed by atoms with Crippen LogP contribution in [0.3, 0.4) is 0 Å². The normalized spacial score (nSPS) is 25.4. The molecule has 4 rings (SSSR count). The molecule has 2 saturated heterocycles. The van der Waals surface area contributed by atoms with Crippen LogP contribution in [0, 0.1) is 19.8 Å². The number of aromatic nitrogens is 2. The van der Waals surface area contributed by atoms with E-state index in [9.17, 15) is 13.2 Å². The van der Waals surface area contributed by atoms with Crippen LogP contribution in [-0.4, -0.2) is 58.6 Å². The van der Waals surface area contributed by atoms with Gasteiger partial charge in [0, 0.05) is 37.0 Å². The second kappa shape index (κ2) is 5.89. The first-order valence-electron chi connectivity index (χ1n) is 7.97. The van der Waals surface area contributed by atoms with Gasteiger partial charge in [-0.3, -0.25) is 4.79 Å². The number of hydrogen-bond donors (Lipinski definition) is 0. The van der Waals surface area contributed by atoms with E-state index in [1.807, 2.05) is 12.3 Å². The van der Waals surface area contributed by atoms with Crippen molar-refractivity contribution in [2.75, 3.05) is 19.6 Å². The van der Waals surface area contributed by atoms with Crippen LogP contribution in [0.15, 0.2) is 16.0 Å². The van der Waals surface area contributed by atoms with Crippen molar-refractivity contribution in [2.24, 2.45) is 5.92 Å². The molecule has 0 radical (unpaired) electrons. The van der Waals surface area contributed by atoms with Crippen LogP contribution < -0.4 is 0 Å². The fraction of sp³-hybridized carbons (Fsp3) is 0.533. The number of carbonyl (C=O) groups excluding carboxylic acids is 1. The molecule has 0 N–H and O–H groups in total. The van der Waals surface area contributed by atoms with Crippen molar-refractivity contribution >= 4 is 27.3 Å². The highest BCUT2D eigenvalue weighted by Gasteiger charge is 2.52. The molecule has 0 aliphatic carbocycles. The number of nitrogens with zero attached hydrogens (tertiary/aromatic N) is 4. The summed E-state index contributed by atoms with van der Waals surface area (Å²) in [7, 11) is -3.44. The highest BCUT2D eigenvalue weighted by molar-refractivity contribution is 7.90. The Balaban J connectivity index is 1.48. The van der Waals surface area contributed by atoms with Crippen LogP contribution in [0.4, 0.5) is 0 Å². The number of thiazole rings is 1. The number of fused-ring (bicyclic) bond motifs is 1. The van der Waals surface area contributed by atoms with Crippen molar-refractivity contribution < 1.29 is 17.7 Å². The van der Waals surface area contributed by atoms with Crippen LogP contribution in [-0.2, 0) is 16.6 Å². The number of rotatable bonds is 3. The number of sulfonamides is 1. The number of aryl methyl sites for hydroxylation is 2. The second-order valence-corrected chi connectivity index (χ2v) is 9.74. The van der Waals surface area contributed by atoms with Gasteiger partial charge in [0.1, 0.15) is 5.76 Å². The fourth-order valence-corrected chi connectivity index (χ4v) is 6.25. The van der Waals surface area contributed by atoms with Crippen LogP contribution in [0.25, 0.3) is 0 Å². The zero-order valence-electron chi connectivity index (χ0n) is 13.9. The molecule has 25 heavy (non-hydrogen) atoms. The molecule has 0 unspecified atom stereocenters. The van der Waals surface area contributed by atoms with Gasteiger partial charge in [0.15, 0.2) is 5.69 Å². The van der Waals surface area contributed by atoms with Crippen molar-refractivity contribution in [2.45, 2.75) is 25.6 Å². The Bertz CT molecular complexity index is 920. The molecule has 2 fully saturated rings. The van der Waals surface area contributed by atoms with Crippen molar-refractivity contribution in [1.29, 1.82) is 0 Å². The molecule has 1 amide bonds. The molecule has 4 heterocycles. The van der Waals surface area contributed by atoms with Crippen LogP contribution in [0.5, 0.6) is 0 Å². The summed E-state index contributed by atoms with van der Waals surface area (Å²) in [5, 5.41) is 5.99. The first-order valence-corrected chi connectivity index (χ1v) is 10.4. The Labute approximate surface area is 149 Å². The van der Waals surface area contributed by atoms with Crippen molar-refractivity contribution in [1.82, 2.24) is 19.3 Å². The monoisotopic (exact) mass is 382 g/mol. The molecule has 2 aromatic rings. The number of hydrogen-bond acceptors (Lipinski definition) is 7. The van der Waals surface area contributed by atoms with E-state index in [2.05, 4.69) is 10.1 Å². The number of amides is 1. The van der Waals surface area contributed by atoms with Crippen LogP contribution >= 0.6 is 11.3 Å². The molecule has 10 heteroatoms. The van der Waals surface area contributed by atoms with E-state index in [0.29, 0.717) is 25.4 Å². The largest absolute Gasteiger partial charge is 0.361 e.